The van der Waals surface area contributed by atoms with Crippen molar-refractivity contribution in [2.24, 2.45) is 12.5 Å². The summed E-state index contributed by atoms with van der Waals surface area (Å²) in [6, 6.07) is 5.50. The molecule has 0 bridgehead atoms. The molecule has 8 heteroatoms. The van der Waals surface area contributed by atoms with Crippen molar-refractivity contribution in [3.8, 4) is 0 Å². The average molecular weight is 375 g/mol. The molecular weight excluding hydrogens is 353 g/mol. The van der Waals surface area contributed by atoms with Gasteiger partial charge in [0.25, 0.3) is 5.91 Å². The van der Waals surface area contributed by atoms with Gasteiger partial charge in [0.05, 0.1) is 17.9 Å². The maximum Gasteiger partial charge on any atom is 0.314 e. The first-order valence-corrected chi connectivity index (χ1v) is 8.68. The second kappa shape index (κ2) is 7.11. The Labute approximate surface area is 156 Å². The highest BCUT2D eigenvalue weighted by Gasteiger charge is 2.50. The van der Waals surface area contributed by atoms with Crippen LogP contribution in [0.3, 0.4) is 0 Å². The number of likely N-dealkylation sites (tertiary alicyclic amines) is 1. The molecule has 1 amide bonds. The number of benzene rings is 1. The van der Waals surface area contributed by atoms with Crippen molar-refractivity contribution in [3.05, 3.63) is 53.1 Å². The number of nitrogens with zero attached hydrogens (tertiary/aromatic N) is 3. The van der Waals surface area contributed by atoms with E-state index in [1.165, 1.54) is 35.4 Å². The number of amides is 1. The third-order valence-corrected chi connectivity index (χ3v) is 5.39. The van der Waals surface area contributed by atoms with Crippen LogP contribution in [0, 0.1) is 18.2 Å². The van der Waals surface area contributed by atoms with Crippen molar-refractivity contribution >= 4 is 11.9 Å². The zero-order chi connectivity index (χ0) is 19.8. The molecule has 27 heavy (non-hydrogen) atoms. The Hall–Kier alpha value is -2.74. The van der Waals surface area contributed by atoms with Crippen molar-refractivity contribution in [2.75, 3.05) is 13.1 Å². The molecular formula is C19H22FN3O4. The van der Waals surface area contributed by atoms with Gasteiger partial charge in [0.2, 0.25) is 0 Å². The number of aromatic nitrogens is 2. The van der Waals surface area contributed by atoms with Crippen LogP contribution in [0.4, 0.5) is 4.39 Å². The molecule has 0 saturated carbocycles. The standard InChI is InChI=1S/C19H22FN3O4/c1-12-15(10-21-22(12)2)17(25)23-8-7-16(24)19(11-23,18(26)27)9-13-3-5-14(20)6-4-13/h3-6,10,16,24H,7-9,11H2,1-2H3,(H,26,27)/t16-,19-/m1/s1. The van der Waals surface area contributed by atoms with Crippen LogP contribution in [-0.4, -0.2) is 56.0 Å². The van der Waals surface area contributed by atoms with Gasteiger partial charge >= 0.3 is 5.97 Å². The Balaban J connectivity index is 1.90. The average Bonchev–Trinajstić information content (AvgIpc) is 2.97. The molecule has 0 aliphatic carbocycles. The van der Waals surface area contributed by atoms with Gasteiger partial charge in [0.1, 0.15) is 11.2 Å². The largest absolute Gasteiger partial charge is 0.481 e. The van der Waals surface area contributed by atoms with Gasteiger partial charge in [-0.15, -0.1) is 0 Å². The monoisotopic (exact) mass is 375 g/mol. The van der Waals surface area contributed by atoms with Crippen LogP contribution >= 0.6 is 0 Å². The molecule has 7 nitrogen and oxygen atoms in total. The first kappa shape index (κ1) is 19.0. The lowest BCUT2D eigenvalue weighted by molar-refractivity contribution is -0.161. The maximum absolute atomic E-state index is 13.2. The van der Waals surface area contributed by atoms with Gasteiger partial charge in [0.15, 0.2) is 0 Å². The lowest BCUT2D eigenvalue weighted by Crippen LogP contribution is -2.58. The van der Waals surface area contributed by atoms with Gasteiger partial charge in [-0.1, -0.05) is 12.1 Å². The summed E-state index contributed by atoms with van der Waals surface area (Å²) < 4.78 is 14.7. The topological polar surface area (TPSA) is 95.7 Å². The van der Waals surface area contributed by atoms with E-state index in [1.54, 1.807) is 18.7 Å². The second-order valence-corrected chi connectivity index (χ2v) is 7.06. The maximum atomic E-state index is 13.2. The van der Waals surface area contributed by atoms with E-state index in [0.29, 0.717) is 16.8 Å². The van der Waals surface area contributed by atoms with Crippen LogP contribution in [0.15, 0.2) is 30.5 Å². The molecule has 1 fully saturated rings. The molecule has 0 radical (unpaired) electrons. The zero-order valence-electron chi connectivity index (χ0n) is 15.2. The van der Waals surface area contributed by atoms with E-state index in [4.69, 9.17) is 0 Å². The van der Waals surface area contributed by atoms with Crippen LogP contribution in [0.5, 0.6) is 0 Å². The SMILES string of the molecule is Cc1c(C(=O)N2CC[C@@H](O)[C@](Cc3ccc(F)cc3)(C(=O)O)C2)cnn1C. The minimum Gasteiger partial charge on any atom is -0.481 e. The minimum absolute atomic E-state index is 0.000415. The smallest absolute Gasteiger partial charge is 0.314 e. The van der Waals surface area contributed by atoms with Gasteiger partial charge in [-0.2, -0.15) is 5.10 Å². The molecule has 1 aliphatic rings. The predicted octanol–water partition coefficient (Wildman–Crippen LogP) is 1.39. The number of carbonyl (C=O) groups excluding carboxylic acids is 1. The zero-order valence-corrected chi connectivity index (χ0v) is 15.2. The number of piperidine rings is 1. The third kappa shape index (κ3) is 3.44. The summed E-state index contributed by atoms with van der Waals surface area (Å²) in [5.74, 6) is -1.91. The number of carboxylic acids is 1. The third-order valence-electron chi connectivity index (χ3n) is 5.39. The van der Waals surface area contributed by atoms with Crippen molar-refractivity contribution < 1.29 is 24.2 Å². The van der Waals surface area contributed by atoms with Crippen LogP contribution in [0.25, 0.3) is 0 Å². The van der Waals surface area contributed by atoms with Crippen molar-refractivity contribution in [1.82, 2.24) is 14.7 Å². The summed E-state index contributed by atoms with van der Waals surface area (Å²) in [5, 5.41) is 24.5. The first-order valence-electron chi connectivity index (χ1n) is 8.68. The van der Waals surface area contributed by atoms with Crippen LogP contribution in [-0.2, 0) is 18.3 Å². The Morgan fingerprint density at radius 1 is 1.33 bits per heavy atom. The fourth-order valence-corrected chi connectivity index (χ4v) is 3.56. The normalized spacial score (nSPS) is 22.7. The summed E-state index contributed by atoms with van der Waals surface area (Å²) in [7, 11) is 1.72. The highest BCUT2D eigenvalue weighted by molar-refractivity contribution is 5.95. The second-order valence-electron chi connectivity index (χ2n) is 7.06. The van der Waals surface area contributed by atoms with Crippen LogP contribution in [0.2, 0.25) is 0 Å². The molecule has 2 N–H and O–H groups in total. The van der Waals surface area contributed by atoms with E-state index in [-0.39, 0.29) is 31.8 Å². The summed E-state index contributed by atoms with van der Waals surface area (Å²) in [6.45, 7) is 1.89. The van der Waals surface area contributed by atoms with E-state index in [1.807, 2.05) is 0 Å². The number of hydrogen-bond acceptors (Lipinski definition) is 4. The molecule has 0 spiro atoms. The molecule has 0 unspecified atom stereocenters. The van der Waals surface area contributed by atoms with Crippen LogP contribution < -0.4 is 0 Å². The van der Waals surface area contributed by atoms with Crippen molar-refractivity contribution in [2.45, 2.75) is 25.9 Å². The molecule has 1 aromatic carbocycles. The number of aryl methyl sites for hydroxylation is 1. The molecule has 2 heterocycles. The number of hydrogen-bond donors (Lipinski definition) is 2. The highest BCUT2D eigenvalue weighted by Crippen LogP contribution is 2.35. The number of halogens is 1. The Morgan fingerprint density at radius 3 is 2.56 bits per heavy atom. The summed E-state index contributed by atoms with van der Waals surface area (Å²) >= 11 is 0. The lowest BCUT2D eigenvalue weighted by atomic mass is 9.72. The van der Waals surface area contributed by atoms with Gasteiger partial charge < -0.3 is 15.1 Å². The Kier molecular flexibility index (Phi) is 5.01. The van der Waals surface area contributed by atoms with Gasteiger partial charge in [0, 0.05) is 25.8 Å². The van der Waals surface area contributed by atoms with Crippen LogP contribution in [0.1, 0.15) is 28.0 Å². The number of aliphatic carboxylic acids is 1. The Bertz CT molecular complexity index is 864. The number of rotatable bonds is 4. The van der Waals surface area contributed by atoms with E-state index < -0.39 is 23.3 Å². The number of aliphatic hydroxyl groups excluding tert-OH is 1. The molecule has 1 aliphatic heterocycles. The summed E-state index contributed by atoms with van der Waals surface area (Å²) in [6.07, 6.45) is 0.502. The molecule has 144 valence electrons. The Morgan fingerprint density at radius 2 is 2.00 bits per heavy atom. The molecule has 2 atom stereocenters. The quantitative estimate of drug-likeness (QED) is 0.842. The predicted molar refractivity (Wildman–Crippen MR) is 94.6 cm³/mol. The van der Waals surface area contributed by atoms with Gasteiger partial charge in [-0.3, -0.25) is 14.3 Å². The summed E-state index contributed by atoms with van der Waals surface area (Å²) in [4.78, 5) is 26.5. The molecule has 1 aromatic heterocycles. The number of carboxylic acid groups (broad SMARTS) is 1. The molecule has 1 saturated heterocycles. The minimum atomic E-state index is -1.55. The fraction of sp³-hybridized carbons (Fsp3) is 0.421. The van der Waals surface area contributed by atoms with Crippen molar-refractivity contribution in [3.63, 3.8) is 0 Å². The van der Waals surface area contributed by atoms with E-state index in [9.17, 15) is 24.2 Å². The van der Waals surface area contributed by atoms with E-state index in [0.717, 1.165) is 0 Å². The van der Waals surface area contributed by atoms with E-state index >= 15 is 0 Å². The first-order chi connectivity index (χ1) is 12.7. The molecule has 2 aromatic rings. The molecule has 3 rings (SSSR count). The number of aliphatic hydroxyl groups is 1. The van der Waals surface area contributed by atoms with Gasteiger partial charge in [-0.05, 0) is 37.5 Å². The summed E-state index contributed by atoms with van der Waals surface area (Å²) in [5.41, 5.74) is 0.132. The lowest BCUT2D eigenvalue weighted by Gasteiger charge is -2.43. The van der Waals surface area contributed by atoms with Crippen molar-refractivity contribution in [1.29, 1.82) is 0 Å². The van der Waals surface area contributed by atoms with E-state index in [2.05, 4.69) is 5.10 Å². The number of carbonyl (C=O) groups is 2. The fourth-order valence-electron chi connectivity index (χ4n) is 3.56. The highest BCUT2D eigenvalue weighted by atomic mass is 19.1. The van der Waals surface area contributed by atoms with Gasteiger partial charge in [-0.25, -0.2) is 4.39 Å².